The molecule has 2 rings (SSSR count). The van der Waals surface area contributed by atoms with E-state index >= 15 is 0 Å². The minimum atomic E-state index is -1.00. The van der Waals surface area contributed by atoms with Gasteiger partial charge in [0.25, 0.3) is 0 Å². The summed E-state index contributed by atoms with van der Waals surface area (Å²) in [4.78, 5) is 33.4. The number of halogens is 1. The minimum absolute atomic E-state index is 0.0650. The van der Waals surface area contributed by atoms with E-state index in [1.807, 2.05) is 0 Å². The lowest BCUT2D eigenvalue weighted by molar-refractivity contribution is -0.154. The highest BCUT2D eigenvalue weighted by Crippen LogP contribution is 2.31. The predicted octanol–water partition coefficient (Wildman–Crippen LogP) is 1.66. The highest BCUT2D eigenvalue weighted by molar-refractivity contribution is 6.31. The molecule has 1 aromatic rings. The second-order valence-corrected chi connectivity index (χ2v) is 4.62. The fourth-order valence-electron chi connectivity index (χ4n) is 1.92. The molecule has 100 valence electrons. The van der Waals surface area contributed by atoms with E-state index < -0.39 is 18.0 Å². The summed E-state index contributed by atoms with van der Waals surface area (Å²) in [6, 6.07) is 4.76. The highest BCUT2D eigenvalue weighted by Gasteiger charge is 2.34. The molecule has 0 radical (unpaired) electrons. The third-order valence-corrected chi connectivity index (χ3v) is 3.16. The van der Waals surface area contributed by atoms with Gasteiger partial charge in [0.05, 0.1) is 11.5 Å². The number of Topliss-reactive ketones (excluding diaryl/α,β-unsaturated/α-hetero) is 1. The third kappa shape index (κ3) is 2.76. The summed E-state index contributed by atoms with van der Waals surface area (Å²) in [6.45, 7) is 1.64. The van der Waals surface area contributed by atoms with Crippen LogP contribution in [-0.4, -0.2) is 30.7 Å². The SMILES string of the molecule is CC(OC(=O)C=O)C1COc2ccc(Cl)cc2C1=O. The van der Waals surface area contributed by atoms with Crippen molar-refractivity contribution in [3.8, 4) is 5.75 Å². The van der Waals surface area contributed by atoms with Gasteiger partial charge in [-0.25, -0.2) is 4.79 Å². The monoisotopic (exact) mass is 282 g/mol. The zero-order chi connectivity index (χ0) is 14.0. The molecule has 6 heteroatoms. The quantitative estimate of drug-likeness (QED) is 0.479. The molecule has 1 aromatic carbocycles. The topological polar surface area (TPSA) is 69.7 Å². The Balaban J connectivity index is 2.21. The van der Waals surface area contributed by atoms with Crippen molar-refractivity contribution in [1.82, 2.24) is 0 Å². The Kier molecular flexibility index (Phi) is 3.85. The Morgan fingerprint density at radius 2 is 2.32 bits per heavy atom. The summed E-state index contributed by atoms with van der Waals surface area (Å²) in [5.74, 6) is -1.40. The van der Waals surface area contributed by atoms with Crippen LogP contribution in [0, 0.1) is 5.92 Å². The molecule has 2 atom stereocenters. The maximum Gasteiger partial charge on any atom is 0.371 e. The van der Waals surface area contributed by atoms with Gasteiger partial charge in [-0.15, -0.1) is 0 Å². The van der Waals surface area contributed by atoms with Crippen molar-refractivity contribution >= 4 is 29.6 Å². The molecule has 0 bridgehead atoms. The second-order valence-electron chi connectivity index (χ2n) is 4.18. The summed E-state index contributed by atoms with van der Waals surface area (Å²) < 4.78 is 10.3. The van der Waals surface area contributed by atoms with E-state index in [0.717, 1.165) is 0 Å². The average molecular weight is 283 g/mol. The second kappa shape index (κ2) is 5.40. The maximum absolute atomic E-state index is 12.3. The Bertz CT molecular complexity index is 540. The number of hydrogen-bond donors (Lipinski definition) is 0. The number of benzene rings is 1. The first kappa shape index (κ1) is 13.5. The van der Waals surface area contributed by atoms with Gasteiger partial charge < -0.3 is 9.47 Å². The van der Waals surface area contributed by atoms with Crippen LogP contribution in [0.5, 0.6) is 5.75 Å². The van der Waals surface area contributed by atoms with Crippen LogP contribution in [-0.2, 0) is 14.3 Å². The molecule has 0 amide bonds. The van der Waals surface area contributed by atoms with Crippen molar-refractivity contribution in [2.75, 3.05) is 6.61 Å². The first-order chi connectivity index (χ1) is 9.02. The first-order valence-electron chi connectivity index (χ1n) is 5.65. The van der Waals surface area contributed by atoms with Crippen molar-refractivity contribution in [3.63, 3.8) is 0 Å². The van der Waals surface area contributed by atoms with E-state index in [-0.39, 0.29) is 18.7 Å². The largest absolute Gasteiger partial charge is 0.492 e. The molecule has 1 aliphatic rings. The van der Waals surface area contributed by atoms with Crippen LogP contribution >= 0.6 is 11.6 Å². The van der Waals surface area contributed by atoms with Crippen LogP contribution in [0.1, 0.15) is 17.3 Å². The van der Waals surface area contributed by atoms with E-state index in [1.54, 1.807) is 19.1 Å². The van der Waals surface area contributed by atoms with Crippen molar-refractivity contribution in [3.05, 3.63) is 28.8 Å². The third-order valence-electron chi connectivity index (χ3n) is 2.93. The van der Waals surface area contributed by atoms with Gasteiger partial charge in [0, 0.05) is 5.02 Å². The Labute approximate surface area is 114 Å². The molecular weight excluding hydrogens is 272 g/mol. The zero-order valence-electron chi connectivity index (χ0n) is 10.1. The van der Waals surface area contributed by atoms with Crippen LogP contribution < -0.4 is 4.74 Å². The number of rotatable bonds is 3. The number of carbonyl (C=O) groups excluding carboxylic acids is 3. The van der Waals surface area contributed by atoms with E-state index in [1.165, 1.54) is 6.07 Å². The summed E-state index contributed by atoms with van der Waals surface area (Å²) in [5, 5.41) is 0.425. The number of ketones is 1. The maximum atomic E-state index is 12.3. The fraction of sp³-hybridized carbons (Fsp3) is 0.308. The van der Waals surface area contributed by atoms with Gasteiger partial charge in [-0.1, -0.05) is 11.6 Å². The van der Waals surface area contributed by atoms with Crippen molar-refractivity contribution < 1.29 is 23.9 Å². The Morgan fingerprint density at radius 1 is 1.58 bits per heavy atom. The van der Waals surface area contributed by atoms with Crippen LogP contribution in [0.25, 0.3) is 0 Å². The van der Waals surface area contributed by atoms with Gasteiger partial charge in [-0.2, -0.15) is 0 Å². The Hall–Kier alpha value is -1.88. The molecule has 0 fully saturated rings. The van der Waals surface area contributed by atoms with Crippen molar-refractivity contribution in [1.29, 1.82) is 0 Å². The zero-order valence-corrected chi connectivity index (χ0v) is 10.8. The van der Waals surface area contributed by atoms with Gasteiger partial charge in [-0.05, 0) is 25.1 Å². The predicted molar refractivity (Wildman–Crippen MR) is 66.4 cm³/mol. The number of ether oxygens (including phenoxy) is 2. The summed E-state index contributed by atoms with van der Waals surface area (Å²) in [5.41, 5.74) is 0.359. The lowest BCUT2D eigenvalue weighted by Gasteiger charge is -2.27. The summed E-state index contributed by atoms with van der Waals surface area (Å²) in [7, 11) is 0. The summed E-state index contributed by atoms with van der Waals surface area (Å²) >= 11 is 5.84. The van der Waals surface area contributed by atoms with E-state index in [4.69, 9.17) is 21.1 Å². The van der Waals surface area contributed by atoms with Crippen LogP contribution in [0.15, 0.2) is 18.2 Å². The van der Waals surface area contributed by atoms with Crippen molar-refractivity contribution in [2.24, 2.45) is 5.92 Å². The van der Waals surface area contributed by atoms with Gasteiger partial charge in [0.2, 0.25) is 6.29 Å². The van der Waals surface area contributed by atoms with E-state index in [0.29, 0.717) is 16.3 Å². The lowest BCUT2D eigenvalue weighted by atomic mass is 9.91. The Morgan fingerprint density at radius 3 is 3.00 bits per heavy atom. The molecule has 0 aliphatic carbocycles. The molecule has 1 heterocycles. The average Bonchev–Trinajstić information content (AvgIpc) is 2.39. The van der Waals surface area contributed by atoms with Gasteiger partial charge in [0.1, 0.15) is 18.5 Å². The van der Waals surface area contributed by atoms with E-state index in [2.05, 4.69) is 0 Å². The van der Waals surface area contributed by atoms with Gasteiger partial charge >= 0.3 is 5.97 Å². The molecule has 0 saturated carbocycles. The fourth-order valence-corrected chi connectivity index (χ4v) is 2.09. The molecule has 0 spiro atoms. The normalized spacial score (nSPS) is 19.1. The smallest absolute Gasteiger partial charge is 0.371 e. The van der Waals surface area contributed by atoms with Crippen LogP contribution in [0.3, 0.4) is 0 Å². The van der Waals surface area contributed by atoms with Crippen LogP contribution in [0.4, 0.5) is 0 Å². The molecule has 0 saturated heterocycles. The number of fused-ring (bicyclic) bond motifs is 1. The van der Waals surface area contributed by atoms with E-state index in [9.17, 15) is 14.4 Å². The molecule has 0 N–H and O–H groups in total. The highest BCUT2D eigenvalue weighted by atomic mass is 35.5. The lowest BCUT2D eigenvalue weighted by Crippen LogP contribution is -2.38. The number of esters is 1. The molecule has 19 heavy (non-hydrogen) atoms. The molecule has 5 nitrogen and oxygen atoms in total. The summed E-state index contributed by atoms with van der Waals surface area (Å²) in [6.07, 6.45) is -0.674. The van der Waals surface area contributed by atoms with Gasteiger partial charge in [0.15, 0.2) is 5.78 Å². The van der Waals surface area contributed by atoms with Crippen molar-refractivity contribution in [2.45, 2.75) is 13.0 Å². The minimum Gasteiger partial charge on any atom is -0.492 e. The van der Waals surface area contributed by atoms with Gasteiger partial charge in [-0.3, -0.25) is 9.59 Å². The molecular formula is C13H11ClO5. The molecule has 0 aromatic heterocycles. The number of hydrogen-bond acceptors (Lipinski definition) is 5. The number of aldehydes is 1. The van der Waals surface area contributed by atoms with Crippen LogP contribution in [0.2, 0.25) is 5.02 Å². The molecule has 1 aliphatic heterocycles. The molecule has 2 unspecified atom stereocenters. The standard InChI is InChI=1S/C13H11ClO5/c1-7(19-12(16)5-15)10-6-18-11-3-2-8(14)4-9(11)13(10)17/h2-5,7,10H,6H2,1H3. The first-order valence-corrected chi connectivity index (χ1v) is 6.03. The number of carbonyl (C=O) groups is 3.